The van der Waals surface area contributed by atoms with Crippen LogP contribution in [-0.2, 0) is 19.6 Å². The average molecular weight is 337 g/mol. The van der Waals surface area contributed by atoms with Gasteiger partial charge in [-0.05, 0) is 34.5 Å². The molecule has 8 heteroatoms. The number of hydrogen-bond acceptors (Lipinski definition) is 5. The lowest BCUT2D eigenvalue weighted by molar-refractivity contribution is -0.140. The summed E-state index contributed by atoms with van der Waals surface area (Å²) in [5.74, 6) is -0.683. The first-order valence-corrected chi connectivity index (χ1v) is 7.48. The number of nitrogens with zero attached hydrogens (tertiary/aromatic N) is 1. The zero-order valence-corrected chi connectivity index (χ0v) is 12.3. The SMILES string of the molecule is COC(=O)CCS(=O)(=O)Nc1cc(C)c(Br)cn1. The number of ether oxygens (including phenoxy) is 1. The molecule has 0 unspecified atom stereocenters. The standard InChI is InChI=1S/C10H13BrN2O4S/c1-7-5-9(12-6-8(7)11)13-18(15,16)4-3-10(14)17-2/h5-6H,3-4H2,1-2H3,(H,12,13). The molecule has 1 aromatic rings. The number of halogens is 1. The van der Waals surface area contributed by atoms with Crippen LogP contribution in [0.3, 0.4) is 0 Å². The fourth-order valence-electron chi connectivity index (χ4n) is 1.13. The summed E-state index contributed by atoms with van der Waals surface area (Å²) in [5, 5.41) is 0. The number of carbonyl (C=O) groups is 1. The van der Waals surface area contributed by atoms with Gasteiger partial charge in [0.1, 0.15) is 5.82 Å². The fraction of sp³-hybridized carbons (Fsp3) is 0.400. The number of nitrogens with one attached hydrogen (secondary N) is 1. The van der Waals surface area contributed by atoms with E-state index in [4.69, 9.17) is 0 Å². The van der Waals surface area contributed by atoms with Gasteiger partial charge in [0.15, 0.2) is 0 Å². The van der Waals surface area contributed by atoms with E-state index >= 15 is 0 Å². The van der Waals surface area contributed by atoms with Crippen molar-refractivity contribution in [3.63, 3.8) is 0 Å². The van der Waals surface area contributed by atoms with E-state index in [9.17, 15) is 13.2 Å². The predicted octanol–water partition coefficient (Wildman–Crippen LogP) is 1.46. The van der Waals surface area contributed by atoms with E-state index in [0.29, 0.717) is 0 Å². The van der Waals surface area contributed by atoms with Gasteiger partial charge in [0, 0.05) is 10.7 Å². The number of aryl methyl sites for hydroxylation is 1. The molecule has 0 radical (unpaired) electrons. The summed E-state index contributed by atoms with van der Waals surface area (Å²) < 4.78 is 30.8. The van der Waals surface area contributed by atoms with Crippen molar-refractivity contribution in [3.8, 4) is 0 Å². The van der Waals surface area contributed by atoms with Gasteiger partial charge < -0.3 is 4.74 Å². The minimum absolute atomic E-state index is 0.193. The molecule has 0 spiro atoms. The molecule has 0 aliphatic heterocycles. The number of sulfonamides is 1. The molecule has 6 nitrogen and oxygen atoms in total. The third-order valence-electron chi connectivity index (χ3n) is 2.11. The van der Waals surface area contributed by atoms with Crippen molar-refractivity contribution >= 4 is 37.7 Å². The number of carbonyl (C=O) groups excluding carboxylic acids is 1. The van der Waals surface area contributed by atoms with Crippen molar-refractivity contribution in [2.24, 2.45) is 0 Å². The Morgan fingerprint density at radius 3 is 2.78 bits per heavy atom. The van der Waals surface area contributed by atoms with Crippen molar-refractivity contribution in [3.05, 3.63) is 22.3 Å². The Bertz CT molecular complexity index is 545. The number of methoxy groups -OCH3 is 1. The molecule has 100 valence electrons. The Morgan fingerprint density at radius 2 is 2.22 bits per heavy atom. The Morgan fingerprint density at radius 1 is 1.56 bits per heavy atom. The number of hydrogen-bond donors (Lipinski definition) is 1. The van der Waals surface area contributed by atoms with E-state index < -0.39 is 16.0 Å². The topological polar surface area (TPSA) is 85.4 Å². The summed E-state index contributed by atoms with van der Waals surface area (Å²) in [5.41, 5.74) is 0.857. The van der Waals surface area contributed by atoms with E-state index in [0.717, 1.165) is 10.0 Å². The van der Waals surface area contributed by atoms with Crippen LogP contribution in [0.2, 0.25) is 0 Å². The molecule has 0 fully saturated rings. The first-order valence-electron chi connectivity index (χ1n) is 5.03. The van der Waals surface area contributed by atoms with Gasteiger partial charge >= 0.3 is 5.97 Å². The second-order valence-corrected chi connectivity index (χ2v) is 6.26. The smallest absolute Gasteiger partial charge is 0.306 e. The molecule has 18 heavy (non-hydrogen) atoms. The molecule has 0 amide bonds. The second-order valence-electron chi connectivity index (χ2n) is 3.57. The average Bonchev–Trinajstić information content (AvgIpc) is 2.30. The van der Waals surface area contributed by atoms with Gasteiger partial charge in [0.2, 0.25) is 10.0 Å². The van der Waals surface area contributed by atoms with Crippen LogP contribution in [0.25, 0.3) is 0 Å². The van der Waals surface area contributed by atoms with Crippen molar-refractivity contribution in [2.45, 2.75) is 13.3 Å². The van der Waals surface area contributed by atoms with Crippen molar-refractivity contribution in [2.75, 3.05) is 17.6 Å². The number of pyridine rings is 1. The molecule has 1 aromatic heterocycles. The van der Waals surface area contributed by atoms with Gasteiger partial charge in [-0.25, -0.2) is 13.4 Å². The molecule has 0 aromatic carbocycles. The van der Waals surface area contributed by atoms with Crippen LogP contribution in [0.5, 0.6) is 0 Å². The van der Waals surface area contributed by atoms with Crippen LogP contribution in [0.1, 0.15) is 12.0 Å². The van der Waals surface area contributed by atoms with Crippen LogP contribution in [0, 0.1) is 6.92 Å². The maximum Gasteiger partial charge on any atom is 0.306 e. The van der Waals surface area contributed by atoms with Crippen molar-refractivity contribution in [1.82, 2.24) is 4.98 Å². The lowest BCUT2D eigenvalue weighted by Crippen LogP contribution is -2.20. The normalized spacial score (nSPS) is 11.1. The summed E-state index contributed by atoms with van der Waals surface area (Å²) in [7, 11) is -2.39. The summed E-state index contributed by atoms with van der Waals surface area (Å²) in [6.45, 7) is 1.82. The molecule has 0 saturated carbocycles. The fourth-order valence-corrected chi connectivity index (χ4v) is 2.31. The summed E-state index contributed by atoms with van der Waals surface area (Å²) in [4.78, 5) is 14.8. The Balaban J connectivity index is 2.70. The molecular weight excluding hydrogens is 324 g/mol. The van der Waals surface area contributed by atoms with Gasteiger partial charge in [-0.1, -0.05) is 0 Å². The van der Waals surface area contributed by atoms with Crippen LogP contribution < -0.4 is 4.72 Å². The Labute approximate surface area is 114 Å². The number of esters is 1. The summed E-state index contributed by atoms with van der Waals surface area (Å²) in [6, 6.07) is 1.60. The first-order chi connectivity index (χ1) is 8.34. The molecule has 0 aliphatic carbocycles. The maximum atomic E-state index is 11.6. The third-order valence-corrected chi connectivity index (χ3v) is 4.20. The molecule has 0 atom stereocenters. The lowest BCUT2D eigenvalue weighted by Gasteiger charge is -2.07. The summed E-state index contributed by atoms with van der Waals surface area (Å²) in [6.07, 6.45) is 1.31. The van der Waals surface area contributed by atoms with Gasteiger partial charge in [-0.3, -0.25) is 9.52 Å². The molecule has 0 aliphatic rings. The Hall–Kier alpha value is -1.15. The number of aromatic nitrogens is 1. The van der Waals surface area contributed by atoms with Gasteiger partial charge in [-0.2, -0.15) is 0 Å². The second kappa shape index (κ2) is 6.14. The van der Waals surface area contributed by atoms with E-state index in [1.54, 1.807) is 6.07 Å². The zero-order chi connectivity index (χ0) is 13.8. The highest BCUT2D eigenvalue weighted by Gasteiger charge is 2.14. The third kappa shape index (κ3) is 4.61. The molecular formula is C10H13BrN2O4S. The van der Waals surface area contributed by atoms with Crippen LogP contribution in [0.4, 0.5) is 5.82 Å². The van der Waals surface area contributed by atoms with Gasteiger partial charge in [0.05, 0.1) is 19.3 Å². The molecule has 0 bridgehead atoms. The van der Waals surface area contributed by atoms with E-state index in [1.165, 1.54) is 13.3 Å². The molecule has 1 N–H and O–H groups in total. The quantitative estimate of drug-likeness (QED) is 0.822. The molecule has 1 rings (SSSR count). The largest absolute Gasteiger partial charge is 0.469 e. The highest BCUT2D eigenvalue weighted by molar-refractivity contribution is 9.10. The molecule has 1 heterocycles. The molecule has 0 saturated heterocycles. The summed E-state index contributed by atoms with van der Waals surface area (Å²) >= 11 is 3.27. The number of rotatable bonds is 5. The van der Waals surface area contributed by atoms with Gasteiger partial charge in [-0.15, -0.1) is 0 Å². The lowest BCUT2D eigenvalue weighted by atomic mass is 10.3. The zero-order valence-electron chi connectivity index (χ0n) is 9.94. The highest BCUT2D eigenvalue weighted by atomic mass is 79.9. The number of anilines is 1. The van der Waals surface area contributed by atoms with Crippen LogP contribution >= 0.6 is 15.9 Å². The van der Waals surface area contributed by atoms with E-state index in [2.05, 4.69) is 30.4 Å². The van der Waals surface area contributed by atoms with Crippen LogP contribution in [0.15, 0.2) is 16.7 Å². The van der Waals surface area contributed by atoms with E-state index in [1.807, 2.05) is 6.92 Å². The maximum absolute atomic E-state index is 11.6. The van der Waals surface area contributed by atoms with E-state index in [-0.39, 0.29) is 18.0 Å². The minimum Gasteiger partial charge on any atom is -0.469 e. The minimum atomic E-state index is -3.60. The van der Waals surface area contributed by atoms with Crippen LogP contribution in [-0.4, -0.2) is 32.2 Å². The predicted molar refractivity (Wildman–Crippen MR) is 70.7 cm³/mol. The first kappa shape index (κ1) is 14.9. The Kier molecular flexibility index (Phi) is 5.09. The van der Waals surface area contributed by atoms with Crippen molar-refractivity contribution in [1.29, 1.82) is 0 Å². The highest BCUT2D eigenvalue weighted by Crippen LogP contribution is 2.18. The van der Waals surface area contributed by atoms with Crippen molar-refractivity contribution < 1.29 is 17.9 Å². The monoisotopic (exact) mass is 336 g/mol. The van der Waals surface area contributed by atoms with Gasteiger partial charge in [0.25, 0.3) is 0 Å².